The third-order valence-electron chi connectivity index (χ3n) is 4.92. The Morgan fingerprint density at radius 2 is 2.11 bits per heavy atom. The van der Waals surface area contributed by atoms with E-state index in [0.29, 0.717) is 29.6 Å². The molecule has 3 rings (SSSR count). The lowest BCUT2D eigenvalue weighted by atomic mass is 10.0. The average Bonchev–Trinajstić information content (AvgIpc) is 2.70. The molecule has 0 aromatic carbocycles. The number of nitrogens with one attached hydrogen (secondary N) is 1. The summed E-state index contributed by atoms with van der Waals surface area (Å²) in [4.78, 5) is 23.1. The zero-order valence-corrected chi connectivity index (χ0v) is 15.9. The number of fused-ring (bicyclic) bond motifs is 1. The van der Waals surface area contributed by atoms with Crippen molar-refractivity contribution < 1.29 is 4.74 Å². The lowest BCUT2D eigenvalue weighted by molar-refractivity contribution is 0.182. The van der Waals surface area contributed by atoms with Crippen LogP contribution in [0.1, 0.15) is 25.3 Å². The maximum absolute atomic E-state index is 12.5. The molecule has 28 heavy (non-hydrogen) atoms. The van der Waals surface area contributed by atoms with E-state index >= 15 is 0 Å². The summed E-state index contributed by atoms with van der Waals surface area (Å²) in [6.45, 7) is 10.9. The number of anilines is 1. The van der Waals surface area contributed by atoms with Gasteiger partial charge in [-0.05, 0) is 38.0 Å². The minimum Gasteiger partial charge on any atom is -0.450 e. The predicted octanol–water partition coefficient (Wildman–Crippen LogP) is 0.932. The molecule has 1 fully saturated rings. The van der Waals surface area contributed by atoms with Crippen molar-refractivity contribution in [1.82, 2.24) is 14.5 Å². The van der Waals surface area contributed by atoms with Crippen LogP contribution in [0.2, 0.25) is 0 Å². The summed E-state index contributed by atoms with van der Waals surface area (Å²) >= 11 is 0. The standard InChI is InChI=1S/C19H27N7O2/c1-3-14-15(4-2)28-16-12-26(19(27)24-17(16)23-14)13-6-10-25(11-7-13)9-5-8-22-18(20)21/h3-4,12-13H,1-2,5-11H2,(H4,20,21,22)(H,23,24,27). The van der Waals surface area contributed by atoms with Crippen LogP contribution in [0, 0.1) is 0 Å². The van der Waals surface area contributed by atoms with Crippen LogP contribution < -0.4 is 27.2 Å². The highest BCUT2D eigenvalue weighted by molar-refractivity contribution is 5.75. The number of allylic oxidation sites excluding steroid dienone is 2. The van der Waals surface area contributed by atoms with Crippen molar-refractivity contribution in [2.24, 2.45) is 16.5 Å². The van der Waals surface area contributed by atoms with Gasteiger partial charge in [-0.3, -0.25) is 9.56 Å². The number of aliphatic imine (C=N–C) groups is 1. The summed E-state index contributed by atoms with van der Waals surface area (Å²) in [7, 11) is 0. The lowest BCUT2D eigenvalue weighted by Gasteiger charge is -2.33. The maximum atomic E-state index is 12.5. The molecule has 0 radical (unpaired) electrons. The van der Waals surface area contributed by atoms with Crippen LogP contribution in [0.25, 0.3) is 0 Å². The highest BCUT2D eigenvalue weighted by Crippen LogP contribution is 2.32. The van der Waals surface area contributed by atoms with E-state index in [4.69, 9.17) is 16.2 Å². The van der Waals surface area contributed by atoms with E-state index in [2.05, 4.69) is 33.4 Å². The van der Waals surface area contributed by atoms with Gasteiger partial charge in [-0.25, -0.2) is 4.79 Å². The molecule has 1 aromatic rings. The summed E-state index contributed by atoms with van der Waals surface area (Å²) in [6.07, 6.45) is 7.60. The van der Waals surface area contributed by atoms with Gasteiger partial charge < -0.3 is 26.4 Å². The van der Waals surface area contributed by atoms with Crippen LogP contribution in [0.4, 0.5) is 5.82 Å². The van der Waals surface area contributed by atoms with Crippen LogP contribution in [-0.2, 0) is 0 Å². The van der Waals surface area contributed by atoms with E-state index in [0.717, 1.165) is 38.9 Å². The Labute approximate surface area is 164 Å². The zero-order valence-electron chi connectivity index (χ0n) is 15.9. The molecule has 2 aliphatic heterocycles. The van der Waals surface area contributed by atoms with Gasteiger partial charge in [0.1, 0.15) is 0 Å². The zero-order chi connectivity index (χ0) is 20.1. The first-order valence-corrected chi connectivity index (χ1v) is 9.36. The van der Waals surface area contributed by atoms with Gasteiger partial charge in [0.2, 0.25) is 0 Å². The minimum atomic E-state index is -0.286. The van der Waals surface area contributed by atoms with Crippen molar-refractivity contribution in [2.75, 3.05) is 31.5 Å². The number of rotatable bonds is 7. The molecule has 0 bridgehead atoms. The van der Waals surface area contributed by atoms with Crippen molar-refractivity contribution >= 4 is 11.8 Å². The summed E-state index contributed by atoms with van der Waals surface area (Å²) in [5.41, 5.74) is 11.0. The summed E-state index contributed by atoms with van der Waals surface area (Å²) in [5.74, 6) is 1.60. The lowest BCUT2D eigenvalue weighted by Crippen LogP contribution is -2.39. The van der Waals surface area contributed by atoms with Crippen LogP contribution in [0.5, 0.6) is 5.75 Å². The van der Waals surface area contributed by atoms with Crippen molar-refractivity contribution in [1.29, 1.82) is 0 Å². The summed E-state index contributed by atoms with van der Waals surface area (Å²) < 4.78 is 7.52. The molecular formula is C19H27N7O2. The first-order valence-electron chi connectivity index (χ1n) is 9.36. The van der Waals surface area contributed by atoms with E-state index in [-0.39, 0.29) is 17.7 Å². The van der Waals surface area contributed by atoms with Gasteiger partial charge in [0.05, 0.1) is 11.9 Å². The van der Waals surface area contributed by atoms with Gasteiger partial charge in [0.15, 0.2) is 23.3 Å². The van der Waals surface area contributed by atoms with Gasteiger partial charge >= 0.3 is 5.69 Å². The second kappa shape index (κ2) is 8.75. The average molecular weight is 385 g/mol. The number of likely N-dealkylation sites (tertiary alicyclic amines) is 1. The van der Waals surface area contributed by atoms with Gasteiger partial charge in [0, 0.05) is 25.7 Å². The molecule has 0 amide bonds. The van der Waals surface area contributed by atoms with Crippen LogP contribution in [-0.4, -0.2) is 46.6 Å². The number of aromatic nitrogens is 2. The van der Waals surface area contributed by atoms with Crippen LogP contribution >= 0.6 is 0 Å². The number of nitrogens with zero attached hydrogens (tertiary/aromatic N) is 4. The topological polar surface area (TPSA) is 124 Å². The Bertz CT molecular complexity index is 860. The Balaban J connectivity index is 1.64. The fourth-order valence-corrected chi connectivity index (χ4v) is 3.47. The number of hydrogen-bond acceptors (Lipinski definition) is 6. The molecule has 0 saturated carbocycles. The fraction of sp³-hybridized carbons (Fsp3) is 0.421. The van der Waals surface area contributed by atoms with Crippen molar-refractivity contribution in [2.45, 2.75) is 25.3 Å². The third kappa shape index (κ3) is 4.42. The highest BCUT2D eigenvalue weighted by atomic mass is 16.5. The van der Waals surface area contributed by atoms with Crippen LogP contribution in [0.3, 0.4) is 0 Å². The van der Waals surface area contributed by atoms with E-state index in [1.54, 1.807) is 22.9 Å². The quantitative estimate of drug-likeness (QED) is 0.362. The molecule has 0 unspecified atom stereocenters. The fourth-order valence-electron chi connectivity index (χ4n) is 3.47. The number of piperidine rings is 1. The molecule has 3 heterocycles. The summed E-state index contributed by atoms with van der Waals surface area (Å²) in [5, 5.41) is 3.07. The van der Waals surface area contributed by atoms with E-state index in [9.17, 15) is 4.79 Å². The largest absolute Gasteiger partial charge is 0.450 e. The number of guanidine groups is 1. The molecule has 0 spiro atoms. The molecule has 2 aliphatic rings. The minimum absolute atomic E-state index is 0.0971. The molecular weight excluding hydrogens is 358 g/mol. The van der Waals surface area contributed by atoms with Crippen LogP contribution in [0.15, 0.2) is 52.7 Å². The van der Waals surface area contributed by atoms with Gasteiger partial charge in [0.25, 0.3) is 0 Å². The second-order valence-corrected chi connectivity index (χ2v) is 6.79. The number of nitrogens with two attached hydrogens (primary N) is 2. The Morgan fingerprint density at radius 1 is 1.36 bits per heavy atom. The molecule has 150 valence electrons. The van der Waals surface area contributed by atoms with E-state index in [1.165, 1.54) is 0 Å². The SMILES string of the molecule is C=CC1=C(C=C)Oc2cn(C3CCN(CCCN=C(N)N)CC3)c(=O)nc2N1. The highest BCUT2D eigenvalue weighted by Gasteiger charge is 2.25. The normalized spacial score (nSPS) is 17.3. The van der Waals surface area contributed by atoms with E-state index in [1.807, 2.05) is 0 Å². The Kier molecular flexibility index (Phi) is 6.15. The molecule has 1 aromatic heterocycles. The predicted molar refractivity (Wildman–Crippen MR) is 110 cm³/mol. The Hall–Kier alpha value is -3.07. The first-order chi connectivity index (χ1) is 13.5. The third-order valence-corrected chi connectivity index (χ3v) is 4.92. The molecule has 9 nitrogen and oxygen atoms in total. The number of ether oxygens (including phenoxy) is 1. The molecule has 0 atom stereocenters. The van der Waals surface area contributed by atoms with Gasteiger partial charge in [-0.15, -0.1) is 0 Å². The van der Waals surface area contributed by atoms with Crippen molar-refractivity contribution in [3.05, 3.63) is 53.4 Å². The second-order valence-electron chi connectivity index (χ2n) is 6.79. The van der Waals surface area contributed by atoms with E-state index < -0.39 is 0 Å². The Morgan fingerprint density at radius 3 is 2.75 bits per heavy atom. The smallest absolute Gasteiger partial charge is 0.350 e. The monoisotopic (exact) mass is 385 g/mol. The van der Waals surface area contributed by atoms with Gasteiger partial charge in [-0.2, -0.15) is 4.98 Å². The van der Waals surface area contributed by atoms with Crippen molar-refractivity contribution in [3.8, 4) is 5.75 Å². The maximum Gasteiger partial charge on any atom is 0.350 e. The molecule has 5 N–H and O–H groups in total. The number of hydrogen-bond donors (Lipinski definition) is 3. The van der Waals surface area contributed by atoms with Gasteiger partial charge in [-0.1, -0.05) is 13.2 Å². The molecule has 0 aliphatic carbocycles. The molecule has 1 saturated heterocycles. The summed E-state index contributed by atoms with van der Waals surface area (Å²) in [6, 6.07) is 0.0971. The van der Waals surface area contributed by atoms with Crippen molar-refractivity contribution in [3.63, 3.8) is 0 Å². The molecule has 9 heteroatoms. The first kappa shape index (κ1) is 19.7.